The van der Waals surface area contributed by atoms with Gasteiger partial charge in [0.2, 0.25) is 11.8 Å². The molecule has 1 unspecified atom stereocenters. The predicted molar refractivity (Wildman–Crippen MR) is 81.3 cm³/mol. The van der Waals surface area contributed by atoms with Gasteiger partial charge in [0, 0.05) is 19.1 Å². The smallest absolute Gasteiger partial charge is 0.236 e. The van der Waals surface area contributed by atoms with Crippen molar-refractivity contribution in [3.8, 4) is 0 Å². The van der Waals surface area contributed by atoms with E-state index in [1.54, 1.807) is 11.8 Å². The third-order valence-electron chi connectivity index (χ3n) is 4.22. The van der Waals surface area contributed by atoms with E-state index in [9.17, 15) is 9.90 Å². The van der Waals surface area contributed by atoms with Gasteiger partial charge in [-0.1, -0.05) is 5.16 Å². The number of likely N-dealkylation sites (tertiary alicyclic amines) is 1. The molecule has 22 heavy (non-hydrogen) atoms. The first-order valence-electron chi connectivity index (χ1n) is 7.79. The number of nitrogens with zero attached hydrogens (tertiary/aromatic N) is 4. The fraction of sp³-hybridized carbons (Fsp3) is 0.800. The van der Waals surface area contributed by atoms with Crippen LogP contribution in [-0.4, -0.2) is 69.3 Å². The van der Waals surface area contributed by atoms with Crippen LogP contribution < -0.4 is 0 Å². The van der Waals surface area contributed by atoms with Gasteiger partial charge in [-0.25, -0.2) is 0 Å². The third-order valence-corrected chi connectivity index (χ3v) is 4.22. The Morgan fingerprint density at radius 2 is 2.27 bits per heavy atom. The Hall–Kier alpha value is -1.47. The van der Waals surface area contributed by atoms with Crippen LogP contribution in [0.3, 0.4) is 0 Å². The molecule has 1 N–H and O–H groups in total. The maximum atomic E-state index is 12.4. The monoisotopic (exact) mass is 310 g/mol. The average molecular weight is 310 g/mol. The SMILES string of the molecule is Cc1noc(CC2(O)CCCN(C(=O)CN(C)C(C)C)C2)n1. The van der Waals surface area contributed by atoms with Gasteiger partial charge in [-0.3, -0.25) is 9.69 Å². The molecule has 1 atom stereocenters. The molecule has 0 spiro atoms. The fourth-order valence-corrected chi connectivity index (χ4v) is 2.66. The van der Waals surface area contributed by atoms with Crippen LogP contribution in [0.25, 0.3) is 0 Å². The molecule has 1 aromatic rings. The lowest BCUT2D eigenvalue weighted by Crippen LogP contribution is -2.53. The van der Waals surface area contributed by atoms with Crippen molar-refractivity contribution in [3.05, 3.63) is 11.7 Å². The second kappa shape index (κ2) is 6.75. The summed E-state index contributed by atoms with van der Waals surface area (Å²) in [6.45, 7) is 7.23. The van der Waals surface area contributed by atoms with Gasteiger partial charge < -0.3 is 14.5 Å². The molecule has 1 saturated heterocycles. The van der Waals surface area contributed by atoms with Gasteiger partial charge in [0.1, 0.15) is 0 Å². The van der Waals surface area contributed by atoms with E-state index in [2.05, 4.69) is 24.0 Å². The molecule has 1 amide bonds. The molecule has 0 aliphatic carbocycles. The quantitative estimate of drug-likeness (QED) is 0.858. The minimum Gasteiger partial charge on any atom is -0.388 e. The molecule has 2 heterocycles. The number of carbonyl (C=O) groups excluding carboxylic acids is 1. The number of amides is 1. The molecule has 2 rings (SSSR count). The number of β-amino-alcohol motifs (C(OH)–C–C–N with tert-alkyl or cyclic N) is 1. The largest absolute Gasteiger partial charge is 0.388 e. The lowest BCUT2D eigenvalue weighted by molar-refractivity contribution is -0.139. The highest BCUT2D eigenvalue weighted by Gasteiger charge is 2.37. The number of aryl methyl sites for hydroxylation is 1. The first-order valence-corrected chi connectivity index (χ1v) is 7.79. The van der Waals surface area contributed by atoms with Gasteiger partial charge in [-0.15, -0.1) is 0 Å². The fourth-order valence-electron chi connectivity index (χ4n) is 2.66. The molecule has 124 valence electrons. The maximum Gasteiger partial charge on any atom is 0.236 e. The van der Waals surface area contributed by atoms with Crippen molar-refractivity contribution in [2.75, 3.05) is 26.7 Å². The Kier molecular flexibility index (Phi) is 5.18. The Morgan fingerprint density at radius 3 is 2.86 bits per heavy atom. The first kappa shape index (κ1) is 16.9. The van der Waals surface area contributed by atoms with Crippen LogP contribution in [0.2, 0.25) is 0 Å². The van der Waals surface area contributed by atoms with E-state index in [4.69, 9.17) is 4.52 Å². The lowest BCUT2D eigenvalue weighted by atomic mass is 9.89. The van der Waals surface area contributed by atoms with Crippen LogP contribution in [0.15, 0.2) is 4.52 Å². The lowest BCUT2D eigenvalue weighted by Gasteiger charge is -2.39. The van der Waals surface area contributed by atoms with Crippen LogP contribution in [0, 0.1) is 6.92 Å². The maximum absolute atomic E-state index is 12.4. The zero-order valence-electron chi connectivity index (χ0n) is 13.9. The van der Waals surface area contributed by atoms with Crippen molar-refractivity contribution in [3.63, 3.8) is 0 Å². The standard InChI is InChI=1S/C15H26N4O3/c1-11(2)18(4)9-14(20)19-7-5-6-15(21,10-19)8-13-16-12(3)17-22-13/h11,21H,5-10H2,1-4H3. The van der Waals surface area contributed by atoms with Crippen LogP contribution in [0.1, 0.15) is 38.4 Å². The zero-order valence-corrected chi connectivity index (χ0v) is 13.9. The van der Waals surface area contributed by atoms with E-state index in [1.807, 2.05) is 11.9 Å². The van der Waals surface area contributed by atoms with Crippen LogP contribution in [0.5, 0.6) is 0 Å². The van der Waals surface area contributed by atoms with E-state index in [0.29, 0.717) is 43.8 Å². The molecule has 7 heteroatoms. The molecule has 1 aliphatic rings. The Balaban J connectivity index is 1.96. The number of aromatic nitrogens is 2. The highest BCUT2D eigenvalue weighted by Crippen LogP contribution is 2.25. The first-order chi connectivity index (χ1) is 10.3. The van der Waals surface area contributed by atoms with E-state index in [0.717, 1.165) is 6.42 Å². The highest BCUT2D eigenvalue weighted by molar-refractivity contribution is 5.78. The highest BCUT2D eigenvalue weighted by atomic mass is 16.5. The summed E-state index contributed by atoms with van der Waals surface area (Å²) in [5.74, 6) is 1.03. The summed E-state index contributed by atoms with van der Waals surface area (Å²) in [7, 11) is 1.93. The Bertz CT molecular complexity index is 517. The molecule has 1 aliphatic heterocycles. The molecule has 1 aromatic heterocycles. The summed E-state index contributed by atoms with van der Waals surface area (Å²) < 4.78 is 5.09. The summed E-state index contributed by atoms with van der Waals surface area (Å²) in [6.07, 6.45) is 1.70. The van der Waals surface area contributed by atoms with E-state index in [-0.39, 0.29) is 12.3 Å². The van der Waals surface area contributed by atoms with Crippen LogP contribution in [-0.2, 0) is 11.2 Å². The van der Waals surface area contributed by atoms with Gasteiger partial charge in [0.25, 0.3) is 0 Å². The minimum atomic E-state index is -0.983. The summed E-state index contributed by atoms with van der Waals surface area (Å²) >= 11 is 0. The van der Waals surface area contributed by atoms with Crippen molar-refractivity contribution in [1.82, 2.24) is 19.9 Å². The van der Waals surface area contributed by atoms with Gasteiger partial charge in [0.15, 0.2) is 5.82 Å². The number of hydrogen-bond donors (Lipinski definition) is 1. The molecule has 0 aromatic carbocycles. The van der Waals surface area contributed by atoms with Crippen LogP contribution >= 0.6 is 0 Å². The van der Waals surface area contributed by atoms with Crippen molar-refractivity contribution >= 4 is 5.91 Å². The second-order valence-electron chi connectivity index (χ2n) is 6.56. The normalized spacial score (nSPS) is 22.6. The molecule has 0 bridgehead atoms. The molecular formula is C15H26N4O3. The number of carbonyl (C=O) groups is 1. The van der Waals surface area contributed by atoms with Gasteiger partial charge >= 0.3 is 0 Å². The van der Waals surface area contributed by atoms with Crippen molar-refractivity contribution in [2.24, 2.45) is 0 Å². The van der Waals surface area contributed by atoms with Gasteiger partial charge in [0.05, 0.1) is 18.6 Å². The summed E-state index contributed by atoms with van der Waals surface area (Å²) in [4.78, 5) is 20.3. The number of aliphatic hydroxyl groups is 1. The Labute approximate surface area is 131 Å². The molecular weight excluding hydrogens is 284 g/mol. The minimum absolute atomic E-state index is 0.0519. The molecule has 1 fully saturated rings. The number of piperidine rings is 1. The van der Waals surface area contributed by atoms with Crippen LogP contribution in [0.4, 0.5) is 0 Å². The average Bonchev–Trinajstić information content (AvgIpc) is 2.83. The van der Waals surface area contributed by atoms with Gasteiger partial charge in [-0.05, 0) is 40.7 Å². The molecule has 0 saturated carbocycles. The zero-order chi connectivity index (χ0) is 16.3. The van der Waals surface area contributed by atoms with Crippen molar-refractivity contribution in [2.45, 2.75) is 51.7 Å². The number of hydrogen-bond acceptors (Lipinski definition) is 6. The second-order valence-corrected chi connectivity index (χ2v) is 6.56. The van der Waals surface area contributed by atoms with E-state index < -0.39 is 5.60 Å². The Morgan fingerprint density at radius 1 is 1.55 bits per heavy atom. The summed E-state index contributed by atoms with van der Waals surface area (Å²) in [5.41, 5.74) is -0.983. The number of likely N-dealkylation sites (N-methyl/N-ethyl adjacent to an activating group) is 1. The third kappa shape index (κ3) is 4.27. The predicted octanol–water partition coefficient (Wildman–Crippen LogP) is 0.614. The van der Waals surface area contributed by atoms with E-state index in [1.165, 1.54) is 0 Å². The summed E-state index contributed by atoms with van der Waals surface area (Å²) in [6, 6.07) is 0.314. The topological polar surface area (TPSA) is 82.7 Å². The summed E-state index contributed by atoms with van der Waals surface area (Å²) in [5, 5.41) is 14.5. The molecule has 0 radical (unpaired) electrons. The van der Waals surface area contributed by atoms with Crippen molar-refractivity contribution in [1.29, 1.82) is 0 Å². The van der Waals surface area contributed by atoms with Crippen molar-refractivity contribution < 1.29 is 14.4 Å². The molecule has 7 nitrogen and oxygen atoms in total. The number of rotatable bonds is 5. The van der Waals surface area contributed by atoms with Gasteiger partial charge in [-0.2, -0.15) is 4.98 Å². The van der Waals surface area contributed by atoms with E-state index >= 15 is 0 Å².